The van der Waals surface area contributed by atoms with Crippen LogP contribution in [0.1, 0.15) is 6.92 Å². The second-order valence-corrected chi connectivity index (χ2v) is 4.87. The minimum atomic E-state index is -1.52. The van der Waals surface area contributed by atoms with E-state index < -0.39 is 11.6 Å². The van der Waals surface area contributed by atoms with Gasteiger partial charge in [0.2, 0.25) is 0 Å². The number of anilines is 1. The first kappa shape index (κ1) is 13.2. The van der Waals surface area contributed by atoms with Crippen molar-refractivity contribution in [1.29, 1.82) is 0 Å². The normalized spacial score (nSPS) is 14.0. The second kappa shape index (κ2) is 5.49. The predicted molar refractivity (Wildman–Crippen MR) is 70.3 cm³/mol. The number of rotatable bonds is 4. The van der Waals surface area contributed by atoms with E-state index in [4.69, 9.17) is 0 Å². The van der Waals surface area contributed by atoms with E-state index in [0.717, 1.165) is 9.26 Å². The summed E-state index contributed by atoms with van der Waals surface area (Å²) in [5.41, 5.74) is -0.660. The van der Waals surface area contributed by atoms with Gasteiger partial charge in [0.05, 0.1) is 13.7 Å². The SMILES string of the molecule is COC(=O)C(C)(O)CNc1cccc(I)c1. The summed E-state index contributed by atoms with van der Waals surface area (Å²) in [6.45, 7) is 1.53. The van der Waals surface area contributed by atoms with Crippen LogP contribution in [-0.4, -0.2) is 30.3 Å². The molecule has 2 N–H and O–H groups in total. The van der Waals surface area contributed by atoms with Crippen molar-refractivity contribution in [1.82, 2.24) is 0 Å². The third-order valence-corrected chi connectivity index (χ3v) is 2.76. The quantitative estimate of drug-likeness (QED) is 0.649. The van der Waals surface area contributed by atoms with Gasteiger partial charge in [-0.1, -0.05) is 6.07 Å². The number of hydrogen-bond acceptors (Lipinski definition) is 4. The third kappa shape index (κ3) is 3.64. The zero-order valence-electron chi connectivity index (χ0n) is 9.16. The molecule has 1 aromatic carbocycles. The fourth-order valence-corrected chi connectivity index (χ4v) is 1.71. The highest BCUT2D eigenvalue weighted by Crippen LogP contribution is 2.14. The van der Waals surface area contributed by atoms with E-state index in [1.54, 1.807) is 0 Å². The highest BCUT2D eigenvalue weighted by atomic mass is 127. The minimum absolute atomic E-state index is 0.111. The summed E-state index contributed by atoms with van der Waals surface area (Å²) in [4.78, 5) is 11.2. The molecule has 1 atom stereocenters. The van der Waals surface area contributed by atoms with E-state index in [1.165, 1.54) is 14.0 Å². The number of esters is 1. The minimum Gasteiger partial charge on any atom is -0.467 e. The summed E-state index contributed by atoms with van der Waals surface area (Å²) in [6, 6.07) is 7.66. The molecule has 0 spiro atoms. The monoisotopic (exact) mass is 335 g/mol. The predicted octanol–water partition coefficient (Wildman–Crippen LogP) is 1.63. The van der Waals surface area contributed by atoms with Crippen LogP contribution in [0.3, 0.4) is 0 Å². The molecule has 0 aromatic heterocycles. The molecule has 0 saturated heterocycles. The number of hydrogen-bond donors (Lipinski definition) is 2. The summed E-state index contributed by atoms with van der Waals surface area (Å²) in [6.07, 6.45) is 0. The molecule has 0 fully saturated rings. The Hall–Kier alpha value is -0.820. The van der Waals surface area contributed by atoms with Gasteiger partial charge in [-0.25, -0.2) is 4.79 Å². The van der Waals surface area contributed by atoms with Gasteiger partial charge in [-0.3, -0.25) is 0 Å². The van der Waals surface area contributed by atoms with Gasteiger partial charge in [0, 0.05) is 9.26 Å². The maximum Gasteiger partial charge on any atom is 0.339 e. The van der Waals surface area contributed by atoms with Crippen LogP contribution < -0.4 is 5.32 Å². The number of nitrogens with one attached hydrogen (secondary N) is 1. The van der Waals surface area contributed by atoms with Gasteiger partial charge in [-0.05, 0) is 47.7 Å². The van der Waals surface area contributed by atoms with E-state index in [-0.39, 0.29) is 6.54 Å². The van der Waals surface area contributed by atoms with Gasteiger partial charge in [0.15, 0.2) is 5.60 Å². The second-order valence-electron chi connectivity index (χ2n) is 3.63. The maximum atomic E-state index is 11.2. The molecule has 88 valence electrons. The van der Waals surface area contributed by atoms with E-state index in [1.807, 2.05) is 24.3 Å². The molecule has 0 aliphatic heterocycles. The molecule has 0 aliphatic carbocycles. The fourth-order valence-electron chi connectivity index (χ4n) is 1.16. The van der Waals surface area contributed by atoms with Crippen molar-refractivity contribution in [3.05, 3.63) is 27.8 Å². The van der Waals surface area contributed by atoms with Crippen LogP contribution in [0.25, 0.3) is 0 Å². The van der Waals surface area contributed by atoms with E-state index in [2.05, 4.69) is 32.6 Å². The molecular weight excluding hydrogens is 321 g/mol. The molecule has 0 aliphatic rings. The van der Waals surface area contributed by atoms with Crippen molar-refractivity contribution in [2.75, 3.05) is 19.0 Å². The molecule has 16 heavy (non-hydrogen) atoms. The lowest BCUT2D eigenvalue weighted by Gasteiger charge is -2.21. The number of carbonyl (C=O) groups is 1. The van der Waals surface area contributed by atoms with Crippen LogP contribution in [0.2, 0.25) is 0 Å². The molecule has 4 nitrogen and oxygen atoms in total. The standard InChI is InChI=1S/C11H14INO3/c1-11(15,10(14)16-2)7-13-9-5-3-4-8(12)6-9/h3-6,13,15H,7H2,1-2H3. The van der Waals surface area contributed by atoms with Crippen molar-refractivity contribution in [3.8, 4) is 0 Å². The van der Waals surface area contributed by atoms with Crippen molar-refractivity contribution in [2.45, 2.75) is 12.5 Å². The van der Waals surface area contributed by atoms with Crippen LogP contribution >= 0.6 is 22.6 Å². The first-order chi connectivity index (χ1) is 7.45. The van der Waals surface area contributed by atoms with Crippen molar-refractivity contribution >= 4 is 34.2 Å². The van der Waals surface area contributed by atoms with Crippen molar-refractivity contribution < 1.29 is 14.6 Å². The van der Waals surface area contributed by atoms with E-state index in [9.17, 15) is 9.90 Å². The van der Waals surface area contributed by atoms with Gasteiger partial charge >= 0.3 is 5.97 Å². The number of methoxy groups -OCH3 is 1. The summed E-state index contributed by atoms with van der Waals surface area (Å²) in [5.74, 6) is -0.648. The van der Waals surface area contributed by atoms with Crippen LogP contribution in [0.4, 0.5) is 5.69 Å². The summed E-state index contributed by atoms with van der Waals surface area (Å²) in [7, 11) is 1.25. The van der Waals surface area contributed by atoms with Crippen LogP contribution in [0.5, 0.6) is 0 Å². The number of carbonyl (C=O) groups excluding carboxylic acids is 1. The fraction of sp³-hybridized carbons (Fsp3) is 0.364. The Bertz CT molecular complexity index is 379. The van der Waals surface area contributed by atoms with Crippen LogP contribution in [0, 0.1) is 3.57 Å². The molecule has 0 amide bonds. The van der Waals surface area contributed by atoms with Gasteiger partial charge < -0.3 is 15.2 Å². The largest absolute Gasteiger partial charge is 0.467 e. The van der Waals surface area contributed by atoms with Crippen molar-refractivity contribution in [3.63, 3.8) is 0 Å². The van der Waals surface area contributed by atoms with Crippen LogP contribution in [-0.2, 0) is 9.53 Å². The zero-order chi connectivity index (χ0) is 12.2. The average molecular weight is 335 g/mol. The Morgan fingerprint density at radius 2 is 2.31 bits per heavy atom. The number of benzene rings is 1. The Kier molecular flexibility index (Phi) is 4.55. The lowest BCUT2D eigenvalue weighted by Crippen LogP contribution is -2.42. The molecule has 0 radical (unpaired) electrons. The zero-order valence-corrected chi connectivity index (χ0v) is 11.3. The molecule has 5 heteroatoms. The Morgan fingerprint density at radius 1 is 1.62 bits per heavy atom. The maximum absolute atomic E-state index is 11.2. The topological polar surface area (TPSA) is 58.6 Å². The molecular formula is C11H14INO3. The van der Waals surface area contributed by atoms with E-state index >= 15 is 0 Å². The smallest absolute Gasteiger partial charge is 0.339 e. The Labute approximate surface area is 108 Å². The average Bonchev–Trinajstić information content (AvgIpc) is 2.25. The van der Waals surface area contributed by atoms with Gasteiger partial charge in [0.1, 0.15) is 0 Å². The lowest BCUT2D eigenvalue weighted by atomic mass is 10.1. The van der Waals surface area contributed by atoms with E-state index in [0.29, 0.717) is 0 Å². The molecule has 0 bridgehead atoms. The highest BCUT2D eigenvalue weighted by molar-refractivity contribution is 14.1. The molecule has 0 saturated carbocycles. The van der Waals surface area contributed by atoms with Gasteiger partial charge in [-0.15, -0.1) is 0 Å². The summed E-state index contributed by atoms with van der Waals surface area (Å²) >= 11 is 2.19. The summed E-state index contributed by atoms with van der Waals surface area (Å²) < 4.78 is 5.58. The first-order valence-corrected chi connectivity index (χ1v) is 5.84. The molecule has 0 heterocycles. The van der Waals surface area contributed by atoms with Gasteiger partial charge in [0.25, 0.3) is 0 Å². The first-order valence-electron chi connectivity index (χ1n) is 4.76. The number of halogens is 1. The number of aliphatic hydroxyl groups is 1. The van der Waals surface area contributed by atoms with Crippen molar-refractivity contribution in [2.24, 2.45) is 0 Å². The molecule has 1 rings (SSSR count). The highest BCUT2D eigenvalue weighted by Gasteiger charge is 2.30. The molecule has 1 aromatic rings. The third-order valence-electron chi connectivity index (χ3n) is 2.09. The molecule has 1 unspecified atom stereocenters. The van der Waals surface area contributed by atoms with Gasteiger partial charge in [-0.2, -0.15) is 0 Å². The summed E-state index contributed by atoms with van der Waals surface area (Å²) in [5, 5.41) is 12.8. The Balaban J connectivity index is 2.61. The lowest BCUT2D eigenvalue weighted by molar-refractivity contribution is -0.158. The number of ether oxygens (including phenoxy) is 1. The van der Waals surface area contributed by atoms with Crippen LogP contribution in [0.15, 0.2) is 24.3 Å². The Morgan fingerprint density at radius 3 is 2.88 bits per heavy atom.